The lowest BCUT2D eigenvalue weighted by atomic mass is 10.0. The molecule has 174 valence electrons. The fourth-order valence-corrected chi connectivity index (χ4v) is 3.71. The number of hydrogen-bond acceptors (Lipinski definition) is 5. The molecule has 0 saturated carbocycles. The highest BCUT2D eigenvalue weighted by Crippen LogP contribution is 2.22. The molecule has 0 aliphatic rings. The maximum absolute atomic E-state index is 12.3. The van der Waals surface area contributed by atoms with Crippen LogP contribution in [0.5, 0.6) is 5.75 Å². The summed E-state index contributed by atoms with van der Waals surface area (Å²) in [5.41, 5.74) is 4.18. The van der Waals surface area contributed by atoms with Gasteiger partial charge in [-0.1, -0.05) is 60.7 Å². The lowest BCUT2D eigenvalue weighted by Crippen LogP contribution is -2.32. The SMILES string of the molecule is C[C@H](Cc1cccc(CC(=O)NCc2ccccc2)c1)NC[C@H](O)c1ccc(O)c(CO)c1. The fourth-order valence-electron chi connectivity index (χ4n) is 3.71. The minimum absolute atomic E-state index is 0.0126. The summed E-state index contributed by atoms with van der Waals surface area (Å²) in [6.07, 6.45) is 0.330. The Morgan fingerprint density at radius 3 is 2.42 bits per heavy atom. The van der Waals surface area contributed by atoms with Crippen LogP contribution in [0, 0.1) is 0 Å². The van der Waals surface area contributed by atoms with Gasteiger partial charge in [-0.05, 0) is 47.7 Å². The number of amides is 1. The van der Waals surface area contributed by atoms with Crippen molar-refractivity contribution in [3.05, 3.63) is 101 Å². The Morgan fingerprint density at radius 2 is 1.67 bits per heavy atom. The first-order valence-electron chi connectivity index (χ1n) is 11.2. The van der Waals surface area contributed by atoms with E-state index in [-0.39, 0.29) is 24.3 Å². The van der Waals surface area contributed by atoms with E-state index in [4.69, 9.17) is 0 Å². The summed E-state index contributed by atoms with van der Waals surface area (Å²) in [7, 11) is 0. The molecule has 0 bridgehead atoms. The van der Waals surface area contributed by atoms with Gasteiger partial charge in [-0.15, -0.1) is 0 Å². The summed E-state index contributed by atoms with van der Waals surface area (Å²) < 4.78 is 0. The molecule has 3 rings (SSSR count). The third-order valence-electron chi connectivity index (χ3n) is 5.55. The van der Waals surface area contributed by atoms with Gasteiger partial charge < -0.3 is 26.0 Å². The minimum atomic E-state index is -0.752. The normalized spacial score (nSPS) is 12.8. The van der Waals surface area contributed by atoms with Crippen molar-refractivity contribution in [3.8, 4) is 5.75 Å². The standard InChI is InChI=1S/C27H32N2O4/c1-19(28-17-26(32)23-10-11-25(31)24(15-23)18-30)12-21-8-5-9-22(13-21)14-27(33)29-16-20-6-3-2-4-7-20/h2-11,13,15,19,26,28,30-32H,12,14,16-18H2,1H3,(H,29,33)/t19-,26+/m1/s1. The molecule has 5 N–H and O–H groups in total. The summed E-state index contributed by atoms with van der Waals surface area (Å²) in [4.78, 5) is 12.3. The molecular formula is C27H32N2O4. The van der Waals surface area contributed by atoms with E-state index in [1.165, 1.54) is 6.07 Å². The molecule has 0 aromatic heterocycles. The smallest absolute Gasteiger partial charge is 0.224 e. The average Bonchev–Trinajstić information content (AvgIpc) is 2.82. The van der Waals surface area contributed by atoms with Crippen LogP contribution in [0.1, 0.15) is 40.8 Å². The molecule has 0 aliphatic carbocycles. The predicted octanol–water partition coefficient (Wildman–Crippen LogP) is 3.00. The third-order valence-corrected chi connectivity index (χ3v) is 5.55. The molecule has 6 nitrogen and oxygen atoms in total. The monoisotopic (exact) mass is 448 g/mol. The molecule has 0 saturated heterocycles. The second kappa shape index (κ2) is 12.2. The summed E-state index contributed by atoms with van der Waals surface area (Å²) in [5.74, 6) is 0.00449. The number of aliphatic hydroxyl groups excluding tert-OH is 2. The zero-order valence-corrected chi connectivity index (χ0v) is 18.9. The number of carbonyl (C=O) groups is 1. The van der Waals surface area contributed by atoms with Crippen molar-refractivity contribution in [1.82, 2.24) is 10.6 Å². The Balaban J connectivity index is 1.47. The van der Waals surface area contributed by atoms with E-state index in [0.29, 0.717) is 30.6 Å². The number of aliphatic hydroxyl groups is 2. The number of phenols is 1. The Morgan fingerprint density at radius 1 is 0.939 bits per heavy atom. The predicted molar refractivity (Wildman–Crippen MR) is 129 cm³/mol. The third kappa shape index (κ3) is 7.71. The Hall–Kier alpha value is -3.19. The van der Waals surface area contributed by atoms with Crippen molar-refractivity contribution in [2.24, 2.45) is 0 Å². The Labute approximate surface area is 194 Å². The van der Waals surface area contributed by atoms with Gasteiger partial charge in [0.1, 0.15) is 5.75 Å². The summed E-state index contributed by atoms with van der Waals surface area (Å²) in [6.45, 7) is 2.63. The van der Waals surface area contributed by atoms with Crippen LogP contribution in [-0.2, 0) is 30.8 Å². The number of nitrogens with one attached hydrogen (secondary N) is 2. The molecule has 1 amide bonds. The molecule has 0 spiro atoms. The minimum Gasteiger partial charge on any atom is -0.508 e. The van der Waals surface area contributed by atoms with E-state index in [1.807, 2.05) is 61.5 Å². The lowest BCUT2D eigenvalue weighted by molar-refractivity contribution is -0.120. The van der Waals surface area contributed by atoms with Crippen LogP contribution in [-0.4, -0.2) is 33.8 Å². The van der Waals surface area contributed by atoms with E-state index in [2.05, 4.69) is 10.6 Å². The lowest BCUT2D eigenvalue weighted by Gasteiger charge is -2.18. The van der Waals surface area contributed by atoms with Gasteiger partial charge in [-0.25, -0.2) is 0 Å². The van der Waals surface area contributed by atoms with Crippen molar-refractivity contribution >= 4 is 5.91 Å². The van der Waals surface area contributed by atoms with Crippen LogP contribution < -0.4 is 10.6 Å². The van der Waals surface area contributed by atoms with Gasteiger partial charge in [0.25, 0.3) is 0 Å². The van der Waals surface area contributed by atoms with Crippen molar-refractivity contribution in [2.75, 3.05) is 6.54 Å². The molecule has 6 heteroatoms. The highest BCUT2D eigenvalue weighted by molar-refractivity contribution is 5.78. The van der Waals surface area contributed by atoms with Crippen LogP contribution in [0.25, 0.3) is 0 Å². The molecule has 0 aliphatic heterocycles. The van der Waals surface area contributed by atoms with Gasteiger partial charge >= 0.3 is 0 Å². The van der Waals surface area contributed by atoms with Crippen LogP contribution >= 0.6 is 0 Å². The van der Waals surface area contributed by atoms with Crippen molar-refractivity contribution in [2.45, 2.75) is 45.1 Å². The largest absolute Gasteiger partial charge is 0.508 e. The molecule has 3 aromatic rings. The molecule has 0 fully saturated rings. The second-order valence-electron chi connectivity index (χ2n) is 8.33. The van der Waals surface area contributed by atoms with E-state index in [0.717, 1.165) is 23.1 Å². The first kappa shape index (κ1) is 24.5. The molecule has 33 heavy (non-hydrogen) atoms. The summed E-state index contributed by atoms with van der Waals surface area (Å²) in [5, 5.41) is 35.7. The van der Waals surface area contributed by atoms with Crippen LogP contribution in [0.3, 0.4) is 0 Å². The van der Waals surface area contributed by atoms with Crippen molar-refractivity contribution in [3.63, 3.8) is 0 Å². The zero-order chi connectivity index (χ0) is 23.6. The maximum Gasteiger partial charge on any atom is 0.224 e. The number of benzene rings is 3. The summed E-state index contributed by atoms with van der Waals surface area (Å²) in [6, 6.07) is 22.7. The Bertz CT molecular complexity index is 1040. The van der Waals surface area contributed by atoms with Crippen LogP contribution in [0.2, 0.25) is 0 Å². The van der Waals surface area contributed by atoms with Crippen molar-refractivity contribution in [1.29, 1.82) is 0 Å². The first-order chi connectivity index (χ1) is 15.9. The number of aromatic hydroxyl groups is 1. The topological polar surface area (TPSA) is 102 Å². The number of hydrogen-bond donors (Lipinski definition) is 5. The molecular weight excluding hydrogens is 416 g/mol. The molecule has 0 heterocycles. The maximum atomic E-state index is 12.3. The second-order valence-corrected chi connectivity index (χ2v) is 8.33. The van der Waals surface area contributed by atoms with Gasteiger partial charge in [0, 0.05) is 24.7 Å². The fraction of sp³-hybridized carbons (Fsp3) is 0.296. The van der Waals surface area contributed by atoms with E-state index < -0.39 is 6.10 Å². The van der Waals surface area contributed by atoms with Gasteiger partial charge in [0.05, 0.1) is 19.1 Å². The van der Waals surface area contributed by atoms with Gasteiger partial charge in [0.2, 0.25) is 5.91 Å². The van der Waals surface area contributed by atoms with Gasteiger partial charge in [0.15, 0.2) is 0 Å². The van der Waals surface area contributed by atoms with Crippen LogP contribution in [0.15, 0.2) is 72.8 Å². The van der Waals surface area contributed by atoms with E-state index in [1.54, 1.807) is 12.1 Å². The number of carbonyl (C=O) groups excluding carboxylic acids is 1. The van der Waals surface area contributed by atoms with Crippen molar-refractivity contribution < 1.29 is 20.1 Å². The van der Waals surface area contributed by atoms with E-state index in [9.17, 15) is 20.1 Å². The van der Waals surface area contributed by atoms with E-state index >= 15 is 0 Å². The van der Waals surface area contributed by atoms with Gasteiger partial charge in [-0.2, -0.15) is 0 Å². The zero-order valence-electron chi connectivity index (χ0n) is 18.9. The Kier molecular flexibility index (Phi) is 9.01. The molecule has 0 radical (unpaired) electrons. The van der Waals surface area contributed by atoms with Gasteiger partial charge in [-0.3, -0.25) is 4.79 Å². The molecule has 3 aromatic carbocycles. The highest BCUT2D eigenvalue weighted by atomic mass is 16.3. The average molecular weight is 449 g/mol. The summed E-state index contributed by atoms with van der Waals surface area (Å²) >= 11 is 0. The first-order valence-corrected chi connectivity index (χ1v) is 11.2. The quantitative estimate of drug-likeness (QED) is 0.310. The molecule has 0 unspecified atom stereocenters. The highest BCUT2D eigenvalue weighted by Gasteiger charge is 2.13. The number of rotatable bonds is 11. The molecule has 2 atom stereocenters. The van der Waals surface area contributed by atoms with Crippen LogP contribution in [0.4, 0.5) is 0 Å².